The number of aromatic nitrogens is 1. The smallest absolute Gasteiger partial charge is 0.302 e. The van der Waals surface area contributed by atoms with E-state index in [1.807, 2.05) is 30.3 Å². The van der Waals surface area contributed by atoms with Gasteiger partial charge in [0.15, 0.2) is 5.13 Å². The molecule has 24 heavy (non-hydrogen) atoms. The summed E-state index contributed by atoms with van der Waals surface area (Å²) in [6, 6.07) is 13.4. The van der Waals surface area contributed by atoms with Crippen molar-refractivity contribution in [2.75, 3.05) is 5.32 Å². The van der Waals surface area contributed by atoms with Crippen LogP contribution in [0.1, 0.15) is 17.5 Å². The second-order valence-corrected chi connectivity index (χ2v) is 6.23. The van der Waals surface area contributed by atoms with E-state index in [1.165, 1.54) is 6.07 Å². The number of nitrogens with zero attached hydrogens (tertiary/aromatic N) is 1. The zero-order valence-corrected chi connectivity index (χ0v) is 13.2. The predicted molar refractivity (Wildman–Crippen MR) is 88.0 cm³/mol. The van der Waals surface area contributed by atoms with E-state index < -0.39 is 11.7 Å². The van der Waals surface area contributed by atoms with Crippen molar-refractivity contribution in [1.29, 1.82) is 0 Å². The average molecular weight is 350 g/mol. The van der Waals surface area contributed by atoms with Gasteiger partial charge in [-0.3, -0.25) is 4.79 Å². The number of rotatable bonds is 4. The summed E-state index contributed by atoms with van der Waals surface area (Å²) in [5.41, 5.74) is 0.103. The SMILES string of the molecule is O=C(CCc1ccccc1)Nc1nc2c(C(F)(F)F)cccc2s1. The van der Waals surface area contributed by atoms with Gasteiger partial charge >= 0.3 is 6.18 Å². The maximum absolute atomic E-state index is 13.0. The van der Waals surface area contributed by atoms with Crippen molar-refractivity contribution in [3.8, 4) is 0 Å². The molecule has 0 fully saturated rings. The van der Waals surface area contributed by atoms with Crippen LogP contribution >= 0.6 is 11.3 Å². The lowest BCUT2D eigenvalue weighted by atomic mass is 10.1. The number of benzene rings is 2. The Bertz CT molecular complexity index is 859. The highest BCUT2D eigenvalue weighted by Crippen LogP contribution is 2.37. The Balaban J connectivity index is 1.72. The molecule has 3 rings (SSSR count). The third kappa shape index (κ3) is 3.73. The van der Waals surface area contributed by atoms with Gasteiger partial charge in [0.25, 0.3) is 0 Å². The second kappa shape index (κ2) is 6.60. The minimum Gasteiger partial charge on any atom is -0.302 e. The number of fused-ring (bicyclic) bond motifs is 1. The molecule has 1 amide bonds. The molecule has 1 N–H and O–H groups in total. The summed E-state index contributed by atoms with van der Waals surface area (Å²) in [4.78, 5) is 15.9. The van der Waals surface area contributed by atoms with Gasteiger partial charge in [-0.25, -0.2) is 4.98 Å². The Hall–Kier alpha value is -2.41. The van der Waals surface area contributed by atoms with Crippen LogP contribution in [0.4, 0.5) is 18.3 Å². The van der Waals surface area contributed by atoms with Gasteiger partial charge in [0.1, 0.15) is 0 Å². The van der Waals surface area contributed by atoms with E-state index in [9.17, 15) is 18.0 Å². The fraction of sp³-hybridized carbons (Fsp3) is 0.176. The molecule has 0 aliphatic heterocycles. The maximum atomic E-state index is 13.0. The molecule has 7 heteroatoms. The van der Waals surface area contributed by atoms with E-state index in [-0.39, 0.29) is 23.0 Å². The highest BCUT2D eigenvalue weighted by Gasteiger charge is 2.33. The first-order chi connectivity index (χ1) is 11.4. The Kier molecular flexibility index (Phi) is 4.53. The van der Waals surface area contributed by atoms with E-state index in [0.717, 1.165) is 23.0 Å². The van der Waals surface area contributed by atoms with Crippen molar-refractivity contribution in [3.05, 3.63) is 59.7 Å². The minimum absolute atomic E-state index is 0.131. The Labute approximate surface area is 140 Å². The topological polar surface area (TPSA) is 42.0 Å². The molecular weight excluding hydrogens is 337 g/mol. The first-order valence-electron chi connectivity index (χ1n) is 7.24. The van der Waals surface area contributed by atoms with Crippen LogP contribution in [-0.2, 0) is 17.4 Å². The largest absolute Gasteiger partial charge is 0.418 e. The number of nitrogens with one attached hydrogen (secondary N) is 1. The number of anilines is 1. The van der Waals surface area contributed by atoms with Crippen LogP contribution in [0, 0.1) is 0 Å². The van der Waals surface area contributed by atoms with Gasteiger partial charge in [0, 0.05) is 6.42 Å². The normalized spacial score (nSPS) is 11.6. The number of hydrogen-bond donors (Lipinski definition) is 1. The molecule has 0 unspecified atom stereocenters. The van der Waals surface area contributed by atoms with Gasteiger partial charge in [-0.15, -0.1) is 0 Å². The lowest BCUT2D eigenvalue weighted by Gasteiger charge is -2.06. The Morgan fingerprint density at radius 1 is 1.08 bits per heavy atom. The van der Waals surface area contributed by atoms with Gasteiger partial charge in [-0.05, 0) is 24.1 Å². The van der Waals surface area contributed by atoms with Gasteiger partial charge in [0.2, 0.25) is 5.91 Å². The monoisotopic (exact) mass is 350 g/mol. The number of amides is 1. The molecule has 0 aliphatic carbocycles. The van der Waals surface area contributed by atoms with Crippen molar-refractivity contribution in [2.24, 2.45) is 0 Å². The molecule has 124 valence electrons. The molecule has 3 nitrogen and oxygen atoms in total. The summed E-state index contributed by atoms with van der Waals surface area (Å²) < 4.78 is 39.3. The summed E-state index contributed by atoms with van der Waals surface area (Å²) >= 11 is 1.03. The Morgan fingerprint density at radius 3 is 2.54 bits per heavy atom. The number of para-hydroxylation sites is 1. The summed E-state index contributed by atoms with van der Waals surface area (Å²) in [5, 5.41) is 2.76. The van der Waals surface area contributed by atoms with Crippen LogP contribution in [-0.4, -0.2) is 10.9 Å². The van der Waals surface area contributed by atoms with Crippen LogP contribution in [0.5, 0.6) is 0 Å². The number of hydrogen-bond acceptors (Lipinski definition) is 3. The molecule has 0 aliphatic rings. The third-order valence-corrected chi connectivity index (χ3v) is 4.39. The van der Waals surface area contributed by atoms with E-state index in [0.29, 0.717) is 11.1 Å². The highest BCUT2D eigenvalue weighted by atomic mass is 32.1. The molecule has 3 aromatic rings. The molecule has 0 spiro atoms. The second-order valence-electron chi connectivity index (χ2n) is 5.20. The zero-order valence-electron chi connectivity index (χ0n) is 12.4. The number of thiazole rings is 1. The van der Waals surface area contributed by atoms with Crippen molar-refractivity contribution < 1.29 is 18.0 Å². The van der Waals surface area contributed by atoms with E-state index >= 15 is 0 Å². The minimum atomic E-state index is -4.47. The number of carbonyl (C=O) groups excluding carboxylic acids is 1. The third-order valence-electron chi connectivity index (χ3n) is 3.45. The summed E-state index contributed by atoms with van der Waals surface area (Å²) in [6.45, 7) is 0. The molecular formula is C17H13F3N2OS. The number of carbonyl (C=O) groups is 1. The fourth-order valence-corrected chi connectivity index (χ4v) is 3.22. The first kappa shape index (κ1) is 16.4. The van der Waals surface area contributed by atoms with Crippen molar-refractivity contribution in [2.45, 2.75) is 19.0 Å². The highest BCUT2D eigenvalue weighted by molar-refractivity contribution is 7.22. The first-order valence-corrected chi connectivity index (χ1v) is 8.05. The van der Waals surface area contributed by atoms with Crippen LogP contribution in [0.2, 0.25) is 0 Å². The van der Waals surface area contributed by atoms with Gasteiger partial charge in [-0.2, -0.15) is 13.2 Å². The number of alkyl halides is 3. The van der Waals surface area contributed by atoms with Gasteiger partial charge in [0.05, 0.1) is 15.8 Å². The van der Waals surface area contributed by atoms with E-state index in [4.69, 9.17) is 0 Å². The molecule has 1 aromatic heterocycles. The summed E-state index contributed by atoms with van der Waals surface area (Å²) in [6.07, 6.45) is -3.67. The van der Waals surface area contributed by atoms with E-state index in [1.54, 1.807) is 6.07 Å². The molecule has 1 heterocycles. The van der Waals surface area contributed by atoms with Gasteiger partial charge < -0.3 is 5.32 Å². The fourth-order valence-electron chi connectivity index (χ4n) is 2.32. The van der Waals surface area contributed by atoms with Crippen LogP contribution < -0.4 is 5.32 Å². The average Bonchev–Trinajstić information content (AvgIpc) is 2.95. The van der Waals surface area contributed by atoms with Gasteiger partial charge in [-0.1, -0.05) is 47.7 Å². The quantitative estimate of drug-likeness (QED) is 0.728. The lowest BCUT2D eigenvalue weighted by Crippen LogP contribution is -2.12. The maximum Gasteiger partial charge on any atom is 0.418 e. The van der Waals surface area contributed by atoms with Crippen LogP contribution in [0.3, 0.4) is 0 Å². The van der Waals surface area contributed by atoms with E-state index in [2.05, 4.69) is 10.3 Å². The molecule has 2 aromatic carbocycles. The van der Waals surface area contributed by atoms with Crippen molar-refractivity contribution in [1.82, 2.24) is 4.98 Å². The molecule has 0 saturated carbocycles. The summed E-state index contributed by atoms with van der Waals surface area (Å²) in [5.74, 6) is -0.272. The van der Waals surface area contributed by atoms with Crippen LogP contribution in [0.15, 0.2) is 48.5 Å². The Morgan fingerprint density at radius 2 is 1.83 bits per heavy atom. The molecule has 0 radical (unpaired) electrons. The summed E-state index contributed by atoms with van der Waals surface area (Å²) in [7, 11) is 0. The number of halogens is 3. The standard InChI is InChI=1S/C17H13F3N2OS/c18-17(19,20)12-7-4-8-13-15(12)22-16(24-13)21-14(23)10-9-11-5-2-1-3-6-11/h1-8H,9-10H2,(H,21,22,23). The van der Waals surface area contributed by atoms with Crippen molar-refractivity contribution in [3.63, 3.8) is 0 Å². The molecule has 0 saturated heterocycles. The lowest BCUT2D eigenvalue weighted by molar-refractivity contribution is -0.136. The van der Waals surface area contributed by atoms with Crippen LogP contribution in [0.25, 0.3) is 10.2 Å². The number of aryl methyl sites for hydroxylation is 1. The predicted octanol–water partition coefficient (Wildman–Crippen LogP) is 4.89. The molecule has 0 bridgehead atoms. The molecule has 0 atom stereocenters. The zero-order chi connectivity index (χ0) is 17.2. The van der Waals surface area contributed by atoms with Crippen molar-refractivity contribution >= 4 is 32.6 Å².